The van der Waals surface area contributed by atoms with Crippen molar-refractivity contribution in [3.8, 4) is 5.75 Å². The quantitative estimate of drug-likeness (QED) is 0.182. The number of amides is 3. The SMILES string of the molecule is CCCCCCN(C(=O)C(Cc1ccc(O)cc1)NC(=O)OC(C)(C)C)C(C(=O)NCCC(=O)OCC)c1ccccc1. The minimum absolute atomic E-state index is 0.00475. The number of esters is 1. The largest absolute Gasteiger partial charge is 0.508 e. The fraction of sp³-hybridized carbons (Fsp3) is 0.515. The Morgan fingerprint density at radius 2 is 1.60 bits per heavy atom. The molecule has 236 valence electrons. The maximum absolute atomic E-state index is 14.4. The van der Waals surface area contributed by atoms with Crippen LogP contribution in [-0.4, -0.2) is 65.2 Å². The van der Waals surface area contributed by atoms with Gasteiger partial charge in [-0.1, -0.05) is 68.7 Å². The molecule has 0 bridgehead atoms. The Balaban J connectivity index is 2.48. The van der Waals surface area contributed by atoms with Crippen molar-refractivity contribution in [3.05, 3.63) is 65.7 Å². The molecule has 2 aromatic carbocycles. The first-order valence-corrected chi connectivity index (χ1v) is 15.0. The van der Waals surface area contributed by atoms with Gasteiger partial charge in [-0.3, -0.25) is 14.4 Å². The molecule has 0 aliphatic heterocycles. The molecule has 0 aliphatic carbocycles. The van der Waals surface area contributed by atoms with Gasteiger partial charge in [-0.05, 0) is 57.4 Å². The maximum Gasteiger partial charge on any atom is 0.408 e. The van der Waals surface area contributed by atoms with Crippen LogP contribution in [0.5, 0.6) is 5.75 Å². The summed E-state index contributed by atoms with van der Waals surface area (Å²) < 4.78 is 10.4. The van der Waals surface area contributed by atoms with Crippen molar-refractivity contribution in [1.29, 1.82) is 0 Å². The van der Waals surface area contributed by atoms with E-state index in [1.165, 1.54) is 17.0 Å². The zero-order valence-electron chi connectivity index (χ0n) is 26.1. The Hall–Kier alpha value is -4.08. The van der Waals surface area contributed by atoms with Crippen LogP contribution in [0.4, 0.5) is 4.79 Å². The van der Waals surface area contributed by atoms with Crippen LogP contribution in [0.1, 0.15) is 83.9 Å². The van der Waals surface area contributed by atoms with Gasteiger partial charge < -0.3 is 30.1 Å². The average Bonchev–Trinajstić information content (AvgIpc) is 2.94. The van der Waals surface area contributed by atoms with Crippen LogP contribution in [0.25, 0.3) is 0 Å². The molecule has 0 heterocycles. The van der Waals surface area contributed by atoms with Gasteiger partial charge in [0.05, 0.1) is 13.0 Å². The molecule has 0 saturated carbocycles. The number of carbonyl (C=O) groups excluding carboxylic acids is 4. The molecule has 43 heavy (non-hydrogen) atoms. The summed E-state index contributed by atoms with van der Waals surface area (Å²) in [6.45, 7) is 9.56. The van der Waals surface area contributed by atoms with E-state index in [1.807, 2.05) is 6.07 Å². The van der Waals surface area contributed by atoms with Crippen molar-refractivity contribution >= 4 is 23.9 Å². The number of nitrogens with one attached hydrogen (secondary N) is 2. The van der Waals surface area contributed by atoms with Gasteiger partial charge in [0, 0.05) is 19.5 Å². The number of phenolic OH excluding ortho intramolecular Hbond substituents is 1. The first kappa shape index (κ1) is 35.1. The van der Waals surface area contributed by atoms with Gasteiger partial charge in [-0.15, -0.1) is 0 Å². The van der Waals surface area contributed by atoms with Gasteiger partial charge in [0.15, 0.2) is 0 Å². The molecule has 0 fully saturated rings. The normalized spacial score (nSPS) is 12.5. The molecule has 10 heteroatoms. The number of ether oxygens (including phenoxy) is 2. The zero-order valence-corrected chi connectivity index (χ0v) is 26.1. The summed E-state index contributed by atoms with van der Waals surface area (Å²) in [5.41, 5.74) is 0.510. The third-order valence-electron chi connectivity index (χ3n) is 6.51. The third-order valence-corrected chi connectivity index (χ3v) is 6.51. The summed E-state index contributed by atoms with van der Waals surface area (Å²) in [6.07, 6.45) is 2.81. The van der Waals surface area contributed by atoms with E-state index < -0.39 is 41.6 Å². The predicted molar refractivity (Wildman–Crippen MR) is 164 cm³/mol. The van der Waals surface area contributed by atoms with E-state index in [2.05, 4.69) is 17.6 Å². The molecule has 0 aliphatic rings. The summed E-state index contributed by atoms with van der Waals surface area (Å²) in [5.74, 6) is -1.25. The minimum Gasteiger partial charge on any atom is -0.508 e. The lowest BCUT2D eigenvalue weighted by Gasteiger charge is -2.34. The minimum atomic E-state index is -1.07. The second kappa shape index (κ2) is 17.8. The lowest BCUT2D eigenvalue weighted by Crippen LogP contribution is -2.54. The molecule has 2 unspecified atom stereocenters. The molecule has 3 amide bonds. The number of rotatable bonds is 16. The van der Waals surface area contributed by atoms with Gasteiger partial charge in [0.25, 0.3) is 0 Å². The van der Waals surface area contributed by atoms with Crippen LogP contribution in [0.15, 0.2) is 54.6 Å². The fourth-order valence-electron chi connectivity index (χ4n) is 4.52. The molecular formula is C33H47N3O7. The van der Waals surface area contributed by atoms with E-state index in [0.717, 1.165) is 19.3 Å². The highest BCUT2D eigenvalue weighted by Gasteiger charge is 2.36. The Kier molecular flexibility index (Phi) is 14.5. The second-order valence-corrected chi connectivity index (χ2v) is 11.3. The number of alkyl carbamates (subject to hydrolysis) is 1. The summed E-state index contributed by atoms with van der Waals surface area (Å²) >= 11 is 0. The summed E-state index contributed by atoms with van der Waals surface area (Å²) in [5, 5.41) is 15.3. The number of phenols is 1. The smallest absolute Gasteiger partial charge is 0.408 e. The van der Waals surface area contributed by atoms with Crippen LogP contribution >= 0.6 is 0 Å². The van der Waals surface area contributed by atoms with Crippen molar-refractivity contribution in [2.45, 2.75) is 90.8 Å². The number of nitrogens with zero attached hydrogens (tertiary/aromatic N) is 1. The Morgan fingerprint density at radius 1 is 0.930 bits per heavy atom. The van der Waals surface area contributed by atoms with Crippen LogP contribution < -0.4 is 10.6 Å². The van der Waals surface area contributed by atoms with E-state index in [1.54, 1.807) is 64.1 Å². The molecule has 0 aromatic heterocycles. The lowest BCUT2D eigenvalue weighted by molar-refractivity contribution is -0.144. The standard InChI is InChI=1S/C33H47N3O7/c1-6-8-9-13-22-36(29(25-14-11-10-12-15-25)30(39)34-21-20-28(38)42-7-2)31(40)27(35-32(41)43-33(3,4)5)23-24-16-18-26(37)19-17-24/h10-12,14-19,27,29,37H,6-9,13,20-23H2,1-5H3,(H,34,39)(H,35,41). The van der Waals surface area contributed by atoms with Crippen LogP contribution in [0.2, 0.25) is 0 Å². The van der Waals surface area contributed by atoms with E-state index in [4.69, 9.17) is 9.47 Å². The van der Waals surface area contributed by atoms with Crippen LogP contribution in [0.3, 0.4) is 0 Å². The monoisotopic (exact) mass is 597 g/mol. The van der Waals surface area contributed by atoms with Crippen LogP contribution in [0, 0.1) is 0 Å². The number of hydrogen-bond acceptors (Lipinski definition) is 7. The van der Waals surface area contributed by atoms with E-state index >= 15 is 0 Å². The lowest BCUT2D eigenvalue weighted by atomic mass is 9.99. The molecule has 3 N–H and O–H groups in total. The van der Waals surface area contributed by atoms with Crippen molar-refractivity contribution in [3.63, 3.8) is 0 Å². The second-order valence-electron chi connectivity index (χ2n) is 11.3. The van der Waals surface area contributed by atoms with Crippen LogP contribution in [-0.2, 0) is 30.3 Å². The summed E-state index contributed by atoms with van der Waals surface area (Å²) in [7, 11) is 0. The Bertz CT molecular complexity index is 1160. The maximum atomic E-state index is 14.4. The van der Waals surface area contributed by atoms with E-state index in [-0.39, 0.29) is 38.3 Å². The topological polar surface area (TPSA) is 134 Å². The van der Waals surface area contributed by atoms with Crippen molar-refractivity contribution in [2.75, 3.05) is 19.7 Å². The third kappa shape index (κ3) is 12.8. The first-order valence-electron chi connectivity index (χ1n) is 15.0. The van der Waals surface area contributed by atoms with Gasteiger partial charge in [0.2, 0.25) is 11.8 Å². The van der Waals surface area contributed by atoms with Gasteiger partial charge in [-0.25, -0.2) is 4.79 Å². The van der Waals surface area contributed by atoms with Gasteiger partial charge >= 0.3 is 12.1 Å². The number of hydrogen-bond donors (Lipinski definition) is 3. The number of aromatic hydroxyl groups is 1. The van der Waals surface area contributed by atoms with Gasteiger partial charge in [-0.2, -0.15) is 0 Å². The molecular weight excluding hydrogens is 550 g/mol. The molecule has 2 rings (SSSR count). The average molecular weight is 598 g/mol. The number of carbonyl (C=O) groups is 4. The fourth-order valence-corrected chi connectivity index (χ4v) is 4.52. The summed E-state index contributed by atoms with van der Waals surface area (Å²) in [4.78, 5) is 54.5. The highest BCUT2D eigenvalue weighted by atomic mass is 16.6. The van der Waals surface area contributed by atoms with Crippen molar-refractivity contribution in [2.24, 2.45) is 0 Å². The van der Waals surface area contributed by atoms with Gasteiger partial charge in [0.1, 0.15) is 23.4 Å². The Labute approximate surface area is 255 Å². The highest BCUT2D eigenvalue weighted by molar-refractivity contribution is 5.92. The molecule has 0 saturated heterocycles. The van der Waals surface area contributed by atoms with Crippen molar-refractivity contribution in [1.82, 2.24) is 15.5 Å². The predicted octanol–water partition coefficient (Wildman–Crippen LogP) is 5.05. The number of benzene rings is 2. The number of unbranched alkanes of at least 4 members (excludes halogenated alkanes) is 3. The molecule has 0 radical (unpaired) electrons. The molecule has 0 spiro atoms. The zero-order chi connectivity index (χ0) is 31.8. The first-order chi connectivity index (χ1) is 20.4. The highest BCUT2D eigenvalue weighted by Crippen LogP contribution is 2.25. The molecule has 10 nitrogen and oxygen atoms in total. The Morgan fingerprint density at radius 3 is 2.21 bits per heavy atom. The van der Waals surface area contributed by atoms with Crippen molar-refractivity contribution < 1.29 is 33.8 Å². The van der Waals surface area contributed by atoms with E-state index in [9.17, 15) is 24.3 Å². The van der Waals surface area contributed by atoms with E-state index in [0.29, 0.717) is 17.5 Å². The molecule has 2 aromatic rings. The molecule has 2 atom stereocenters. The summed E-state index contributed by atoms with van der Waals surface area (Å²) in [6, 6.07) is 13.3.